The molecule has 2 saturated heterocycles. The lowest BCUT2D eigenvalue weighted by molar-refractivity contribution is -0.128. The molecule has 9 heteroatoms. The number of carbonyl (C=O) groups is 3. The number of amides is 4. The van der Waals surface area contributed by atoms with Gasteiger partial charge in [0.2, 0.25) is 5.91 Å². The van der Waals surface area contributed by atoms with E-state index in [2.05, 4.69) is 16.0 Å². The zero-order valence-electron chi connectivity index (χ0n) is 16.0. The van der Waals surface area contributed by atoms with E-state index in [9.17, 15) is 14.4 Å². The summed E-state index contributed by atoms with van der Waals surface area (Å²) in [4.78, 5) is 36.3. The molecule has 2 heterocycles. The summed E-state index contributed by atoms with van der Waals surface area (Å²) in [5, 5.41) is 8.40. The van der Waals surface area contributed by atoms with Gasteiger partial charge in [0.1, 0.15) is 17.9 Å². The lowest BCUT2D eigenvalue weighted by Crippen LogP contribution is -2.50. The number of hydrogen-bond donors (Lipinski definition) is 3. The molecule has 1 unspecified atom stereocenters. The van der Waals surface area contributed by atoms with Crippen molar-refractivity contribution in [2.24, 2.45) is 5.92 Å². The molecule has 1 aromatic carbocycles. The third kappa shape index (κ3) is 4.33. The van der Waals surface area contributed by atoms with Gasteiger partial charge in [0.15, 0.2) is 0 Å². The fourth-order valence-corrected chi connectivity index (χ4v) is 4.34. The first-order chi connectivity index (χ1) is 13.9. The number of imide groups is 1. The van der Waals surface area contributed by atoms with Crippen LogP contribution >= 0.6 is 11.6 Å². The zero-order chi connectivity index (χ0) is 20.4. The molecule has 1 saturated carbocycles. The van der Waals surface area contributed by atoms with Gasteiger partial charge in [-0.3, -0.25) is 14.9 Å². The van der Waals surface area contributed by atoms with Crippen LogP contribution in [0.1, 0.15) is 38.5 Å². The van der Waals surface area contributed by atoms with E-state index in [1.807, 2.05) is 0 Å². The van der Waals surface area contributed by atoms with Crippen LogP contribution < -0.4 is 20.7 Å². The van der Waals surface area contributed by atoms with E-state index in [1.54, 1.807) is 18.2 Å². The molecule has 3 fully saturated rings. The molecule has 1 spiro atoms. The molecule has 1 aromatic rings. The first-order valence-electron chi connectivity index (χ1n) is 9.94. The second kappa shape index (κ2) is 8.20. The topological polar surface area (TPSA) is 106 Å². The van der Waals surface area contributed by atoms with Gasteiger partial charge in [-0.15, -0.1) is 0 Å². The molecule has 0 aromatic heterocycles. The highest BCUT2D eigenvalue weighted by Gasteiger charge is 2.48. The summed E-state index contributed by atoms with van der Waals surface area (Å²) in [5.41, 5.74) is -0.355. The van der Waals surface area contributed by atoms with Gasteiger partial charge in [0.05, 0.1) is 11.8 Å². The van der Waals surface area contributed by atoms with E-state index < -0.39 is 11.6 Å². The molecule has 29 heavy (non-hydrogen) atoms. The second-order valence-electron chi connectivity index (χ2n) is 7.84. The average Bonchev–Trinajstić information content (AvgIpc) is 3.30. The third-order valence-electron chi connectivity index (χ3n) is 5.87. The quantitative estimate of drug-likeness (QED) is 0.634. The Balaban J connectivity index is 1.37. The standard InChI is InChI=1S/C20H24ClN3O5/c21-13-3-4-16(29-11-14-2-1-9-28-14)15(10-13)22-17(25)12-5-7-20(8-6-12)18(26)23-19(27)24-20/h3-4,10,12,14H,1-2,5-9,11H2,(H,22,25)(H2,23,24,26,27). The lowest BCUT2D eigenvalue weighted by atomic mass is 9.76. The summed E-state index contributed by atoms with van der Waals surface area (Å²) in [6.45, 7) is 1.17. The predicted molar refractivity (Wildman–Crippen MR) is 106 cm³/mol. The van der Waals surface area contributed by atoms with Crippen LogP contribution in [0.2, 0.25) is 5.02 Å². The normalized spacial score (nSPS) is 28.9. The highest BCUT2D eigenvalue weighted by Crippen LogP contribution is 2.36. The average molecular weight is 422 g/mol. The molecule has 4 rings (SSSR count). The fraction of sp³-hybridized carbons (Fsp3) is 0.550. The first-order valence-corrected chi connectivity index (χ1v) is 10.3. The molecule has 8 nitrogen and oxygen atoms in total. The number of benzene rings is 1. The van der Waals surface area contributed by atoms with Crippen LogP contribution in [0.3, 0.4) is 0 Å². The lowest BCUT2D eigenvalue weighted by Gasteiger charge is -2.33. The monoisotopic (exact) mass is 421 g/mol. The molecule has 3 aliphatic rings. The molecule has 1 atom stereocenters. The van der Waals surface area contributed by atoms with E-state index >= 15 is 0 Å². The molecule has 1 aliphatic carbocycles. The van der Waals surface area contributed by atoms with Crippen molar-refractivity contribution in [1.29, 1.82) is 0 Å². The van der Waals surface area contributed by atoms with E-state index in [4.69, 9.17) is 21.1 Å². The summed E-state index contributed by atoms with van der Waals surface area (Å²) in [7, 11) is 0. The summed E-state index contributed by atoms with van der Waals surface area (Å²) >= 11 is 6.11. The van der Waals surface area contributed by atoms with Gasteiger partial charge in [-0.1, -0.05) is 11.6 Å². The van der Waals surface area contributed by atoms with Crippen molar-refractivity contribution in [3.8, 4) is 5.75 Å². The molecule has 0 radical (unpaired) electrons. The van der Waals surface area contributed by atoms with E-state index in [-0.39, 0.29) is 23.8 Å². The van der Waals surface area contributed by atoms with Crippen molar-refractivity contribution >= 4 is 35.1 Å². The third-order valence-corrected chi connectivity index (χ3v) is 6.11. The van der Waals surface area contributed by atoms with Crippen LogP contribution in [0.25, 0.3) is 0 Å². The molecule has 3 N–H and O–H groups in total. The van der Waals surface area contributed by atoms with Crippen molar-refractivity contribution in [1.82, 2.24) is 10.6 Å². The minimum absolute atomic E-state index is 0.0662. The van der Waals surface area contributed by atoms with Crippen LogP contribution in [0, 0.1) is 5.92 Å². The van der Waals surface area contributed by atoms with Crippen molar-refractivity contribution in [3.05, 3.63) is 23.2 Å². The Morgan fingerprint density at radius 1 is 1.28 bits per heavy atom. The first kappa shape index (κ1) is 20.0. The molecular formula is C20H24ClN3O5. The van der Waals surface area contributed by atoms with E-state index in [0.717, 1.165) is 19.4 Å². The molecular weight excluding hydrogens is 398 g/mol. The number of anilines is 1. The number of urea groups is 1. The van der Waals surface area contributed by atoms with Gasteiger partial charge in [0, 0.05) is 17.5 Å². The maximum atomic E-state index is 12.8. The molecule has 156 valence electrons. The minimum atomic E-state index is -0.876. The summed E-state index contributed by atoms with van der Waals surface area (Å²) in [6, 6.07) is 4.65. The largest absolute Gasteiger partial charge is 0.489 e. The van der Waals surface area contributed by atoms with E-state index in [0.29, 0.717) is 48.7 Å². The van der Waals surface area contributed by atoms with Gasteiger partial charge in [-0.25, -0.2) is 4.79 Å². The number of nitrogens with one attached hydrogen (secondary N) is 3. The van der Waals surface area contributed by atoms with Crippen LogP contribution in [0.4, 0.5) is 10.5 Å². The highest BCUT2D eigenvalue weighted by atomic mass is 35.5. The Morgan fingerprint density at radius 3 is 2.72 bits per heavy atom. The predicted octanol–water partition coefficient (Wildman–Crippen LogP) is 2.60. The van der Waals surface area contributed by atoms with Crippen molar-refractivity contribution in [2.75, 3.05) is 18.5 Å². The maximum absolute atomic E-state index is 12.8. The van der Waals surface area contributed by atoms with Gasteiger partial charge in [-0.2, -0.15) is 0 Å². The van der Waals surface area contributed by atoms with Gasteiger partial charge >= 0.3 is 6.03 Å². The Labute approximate surface area is 173 Å². The van der Waals surface area contributed by atoms with Gasteiger partial charge in [0.25, 0.3) is 5.91 Å². The van der Waals surface area contributed by atoms with Crippen LogP contribution in [0.5, 0.6) is 5.75 Å². The van der Waals surface area contributed by atoms with Gasteiger partial charge in [-0.05, 0) is 56.7 Å². The number of hydrogen-bond acceptors (Lipinski definition) is 5. The number of rotatable bonds is 5. The fourth-order valence-electron chi connectivity index (χ4n) is 4.17. The number of halogens is 1. The Kier molecular flexibility index (Phi) is 5.65. The molecule has 2 aliphatic heterocycles. The summed E-state index contributed by atoms with van der Waals surface area (Å²) in [6.07, 6.45) is 3.93. The van der Waals surface area contributed by atoms with Crippen LogP contribution in [-0.2, 0) is 14.3 Å². The smallest absolute Gasteiger partial charge is 0.322 e. The van der Waals surface area contributed by atoms with Crippen molar-refractivity contribution < 1.29 is 23.9 Å². The summed E-state index contributed by atoms with van der Waals surface area (Å²) < 4.78 is 11.4. The van der Waals surface area contributed by atoms with Crippen LogP contribution in [-0.4, -0.2) is 42.7 Å². The second-order valence-corrected chi connectivity index (χ2v) is 8.28. The minimum Gasteiger partial charge on any atom is -0.489 e. The number of ether oxygens (including phenoxy) is 2. The summed E-state index contributed by atoms with van der Waals surface area (Å²) in [5.74, 6) is -0.154. The molecule has 0 bridgehead atoms. The van der Waals surface area contributed by atoms with Crippen LogP contribution in [0.15, 0.2) is 18.2 Å². The highest BCUT2D eigenvalue weighted by molar-refractivity contribution is 6.31. The Morgan fingerprint density at radius 2 is 2.07 bits per heavy atom. The van der Waals surface area contributed by atoms with Crippen molar-refractivity contribution in [2.45, 2.75) is 50.2 Å². The number of carbonyl (C=O) groups excluding carboxylic acids is 3. The maximum Gasteiger partial charge on any atom is 0.322 e. The van der Waals surface area contributed by atoms with Crippen molar-refractivity contribution in [3.63, 3.8) is 0 Å². The van der Waals surface area contributed by atoms with E-state index in [1.165, 1.54) is 0 Å². The van der Waals surface area contributed by atoms with Gasteiger partial charge < -0.3 is 20.1 Å². The zero-order valence-corrected chi connectivity index (χ0v) is 16.7. The Hall–Kier alpha value is -2.32. The SMILES string of the molecule is O=C1NC(=O)C2(CCC(C(=O)Nc3cc(Cl)ccc3OCC3CCCO3)CC2)N1. The Bertz CT molecular complexity index is 816. The molecule has 4 amide bonds.